The minimum atomic E-state index is -1.03. The Morgan fingerprint density at radius 1 is 1.19 bits per heavy atom. The maximum Gasteiger partial charge on any atom is 0.204 e. The van der Waals surface area contributed by atoms with Gasteiger partial charge in [0.1, 0.15) is 0 Å². The molecule has 0 spiro atoms. The van der Waals surface area contributed by atoms with Gasteiger partial charge in [-0.15, -0.1) is 0 Å². The number of ether oxygens (including phenoxy) is 2. The number of halogens is 2. The summed E-state index contributed by atoms with van der Waals surface area (Å²) >= 11 is 0. The summed E-state index contributed by atoms with van der Waals surface area (Å²) in [6.45, 7) is 0.477. The molecule has 0 heterocycles. The quantitative estimate of drug-likeness (QED) is 0.841. The van der Waals surface area contributed by atoms with Gasteiger partial charge in [-0.05, 0) is 25.5 Å². The number of hydrogen-bond donors (Lipinski definition) is 1. The summed E-state index contributed by atoms with van der Waals surface area (Å²) in [7, 11) is 2.66. The van der Waals surface area contributed by atoms with Gasteiger partial charge in [-0.2, -0.15) is 4.39 Å². The lowest BCUT2D eigenvalue weighted by atomic mass is 10.1. The van der Waals surface area contributed by atoms with Crippen LogP contribution < -0.4 is 15.2 Å². The van der Waals surface area contributed by atoms with E-state index in [-0.39, 0.29) is 11.5 Å². The average Bonchev–Trinajstić information content (AvgIpc) is 2.29. The first-order valence-corrected chi connectivity index (χ1v) is 4.94. The molecule has 5 heteroatoms. The van der Waals surface area contributed by atoms with Gasteiger partial charge in [-0.25, -0.2) is 4.39 Å². The Hall–Kier alpha value is -1.36. The molecular weight excluding hydrogens is 216 g/mol. The first kappa shape index (κ1) is 12.7. The minimum Gasteiger partial charge on any atom is -0.492 e. The molecule has 0 aliphatic carbocycles. The molecule has 0 saturated heterocycles. The van der Waals surface area contributed by atoms with Crippen LogP contribution in [0.1, 0.15) is 12.0 Å². The van der Waals surface area contributed by atoms with E-state index in [0.29, 0.717) is 24.9 Å². The first-order valence-electron chi connectivity index (χ1n) is 4.94. The fourth-order valence-electron chi connectivity index (χ4n) is 1.52. The Labute approximate surface area is 93.2 Å². The van der Waals surface area contributed by atoms with Crippen molar-refractivity contribution < 1.29 is 18.3 Å². The van der Waals surface area contributed by atoms with Gasteiger partial charge in [-0.1, -0.05) is 0 Å². The largest absolute Gasteiger partial charge is 0.492 e. The average molecular weight is 231 g/mol. The first-order chi connectivity index (χ1) is 7.65. The lowest BCUT2D eigenvalue weighted by Gasteiger charge is -2.13. The highest BCUT2D eigenvalue weighted by atomic mass is 19.2. The Balaban J connectivity index is 3.20. The molecule has 0 saturated carbocycles. The van der Waals surface area contributed by atoms with Crippen molar-refractivity contribution in [3.8, 4) is 11.5 Å². The third-order valence-corrected chi connectivity index (χ3v) is 2.27. The van der Waals surface area contributed by atoms with Crippen molar-refractivity contribution in [2.45, 2.75) is 12.8 Å². The van der Waals surface area contributed by atoms with Crippen molar-refractivity contribution in [3.63, 3.8) is 0 Å². The van der Waals surface area contributed by atoms with Crippen molar-refractivity contribution in [1.82, 2.24) is 0 Å². The number of benzene rings is 1. The molecule has 1 rings (SSSR count). The van der Waals surface area contributed by atoms with E-state index in [0.717, 1.165) is 6.07 Å². The van der Waals surface area contributed by atoms with Gasteiger partial charge >= 0.3 is 0 Å². The van der Waals surface area contributed by atoms with Crippen LogP contribution in [0, 0.1) is 11.6 Å². The van der Waals surface area contributed by atoms with E-state index in [4.69, 9.17) is 15.2 Å². The minimum absolute atomic E-state index is 0.200. The molecular formula is C11H15F2NO2. The lowest BCUT2D eigenvalue weighted by molar-refractivity contribution is 0.325. The van der Waals surface area contributed by atoms with E-state index >= 15 is 0 Å². The second-order valence-corrected chi connectivity index (χ2v) is 3.29. The number of nitrogens with two attached hydrogens (primary N) is 1. The van der Waals surface area contributed by atoms with Crippen LogP contribution in [-0.2, 0) is 6.42 Å². The number of methoxy groups -OCH3 is 2. The van der Waals surface area contributed by atoms with Crippen LogP contribution in [0.5, 0.6) is 11.5 Å². The van der Waals surface area contributed by atoms with Crippen LogP contribution in [0.25, 0.3) is 0 Å². The standard InChI is InChI=1S/C11H15F2NO2/c1-15-10-7(4-3-5-14)6-8(12)9(13)11(10)16-2/h6H,3-5,14H2,1-2H3. The number of rotatable bonds is 5. The number of hydrogen-bond acceptors (Lipinski definition) is 3. The van der Waals surface area contributed by atoms with Crippen LogP contribution in [0.3, 0.4) is 0 Å². The Morgan fingerprint density at radius 2 is 1.81 bits per heavy atom. The molecule has 1 aromatic carbocycles. The molecule has 3 nitrogen and oxygen atoms in total. The molecule has 90 valence electrons. The summed E-state index contributed by atoms with van der Waals surface area (Å²) in [4.78, 5) is 0. The molecule has 0 bridgehead atoms. The van der Waals surface area contributed by atoms with Crippen molar-refractivity contribution in [2.24, 2.45) is 5.73 Å². The van der Waals surface area contributed by atoms with Crippen molar-refractivity contribution in [1.29, 1.82) is 0 Å². The predicted molar refractivity (Wildman–Crippen MR) is 56.8 cm³/mol. The second kappa shape index (κ2) is 5.65. The van der Waals surface area contributed by atoms with E-state index < -0.39 is 11.6 Å². The predicted octanol–water partition coefficient (Wildman–Crippen LogP) is 1.87. The molecule has 0 aliphatic rings. The van der Waals surface area contributed by atoms with Gasteiger partial charge in [-0.3, -0.25) is 0 Å². The summed E-state index contributed by atoms with van der Waals surface area (Å²) in [5, 5.41) is 0. The number of aryl methyl sites for hydroxylation is 1. The molecule has 2 N–H and O–H groups in total. The van der Waals surface area contributed by atoms with Crippen molar-refractivity contribution >= 4 is 0 Å². The van der Waals surface area contributed by atoms with Crippen molar-refractivity contribution in [3.05, 3.63) is 23.3 Å². The highest BCUT2D eigenvalue weighted by Gasteiger charge is 2.19. The third kappa shape index (κ3) is 2.41. The van der Waals surface area contributed by atoms with Crippen LogP contribution in [-0.4, -0.2) is 20.8 Å². The maximum absolute atomic E-state index is 13.3. The van der Waals surface area contributed by atoms with E-state index in [1.165, 1.54) is 14.2 Å². The highest BCUT2D eigenvalue weighted by Crippen LogP contribution is 2.35. The Bertz CT molecular complexity index is 369. The van der Waals surface area contributed by atoms with Crippen LogP contribution >= 0.6 is 0 Å². The van der Waals surface area contributed by atoms with E-state index in [1.54, 1.807) is 0 Å². The van der Waals surface area contributed by atoms with Crippen molar-refractivity contribution in [2.75, 3.05) is 20.8 Å². The molecule has 0 aliphatic heterocycles. The summed E-state index contributed by atoms with van der Waals surface area (Å²) in [6.07, 6.45) is 1.19. The van der Waals surface area contributed by atoms with Gasteiger partial charge in [0.05, 0.1) is 14.2 Å². The SMILES string of the molecule is COc1c(CCCN)cc(F)c(F)c1OC. The Kier molecular flexibility index (Phi) is 4.49. The van der Waals surface area contributed by atoms with Gasteiger partial charge in [0.2, 0.25) is 5.82 Å². The van der Waals surface area contributed by atoms with Gasteiger partial charge in [0.25, 0.3) is 0 Å². The zero-order valence-electron chi connectivity index (χ0n) is 9.35. The molecule has 0 fully saturated rings. The topological polar surface area (TPSA) is 44.5 Å². The molecule has 0 aromatic heterocycles. The van der Waals surface area contributed by atoms with Gasteiger partial charge in [0, 0.05) is 5.56 Å². The monoisotopic (exact) mass is 231 g/mol. The third-order valence-electron chi connectivity index (χ3n) is 2.27. The molecule has 0 unspecified atom stereocenters. The zero-order valence-corrected chi connectivity index (χ0v) is 9.35. The molecule has 16 heavy (non-hydrogen) atoms. The molecule has 0 radical (unpaired) electrons. The summed E-state index contributed by atoms with van der Waals surface area (Å²) in [5.74, 6) is -1.94. The van der Waals surface area contributed by atoms with Crippen LogP contribution in [0.2, 0.25) is 0 Å². The summed E-state index contributed by atoms with van der Waals surface area (Å²) in [6, 6.07) is 1.12. The fraction of sp³-hybridized carbons (Fsp3) is 0.455. The molecule has 0 atom stereocenters. The lowest BCUT2D eigenvalue weighted by Crippen LogP contribution is -2.05. The summed E-state index contributed by atoms with van der Waals surface area (Å²) in [5.41, 5.74) is 5.93. The van der Waals surface area contributed by atoms with Crippen LogP contribution in [0.15, 0.2) is 6.07 Å². The highest BCUT2D eigenvalue weighted by molar-refractivity contribution is 5.48. The summed E-state index contributed by atoms with van der Waals surface area (Å²) < 4.78 is 36.4. The van der Waals surface area contributed by atoms with Gasteiger partial charge < -0.3 is 15.2 Å². The Morgan fingerprint density at radius 3 is 2.31 bits per heavy atom. The normalized spacial score (nSPS) is 10.3. The van der Waals surface area contributed by atoms with Gasteiger partial charge in [0.15, 0.2) is 17.3 Å². The second-order valence-electron chi connectivity index (χ2n) is 3.29. The maximum atomic E-state index is 13.3. The van der Waals surface area contributed by atoms with Crippen LogP contribution in [0.4, 0.5) is 8.78 Å². The smallest absolute Gasteiger partial charge is 0.204 e. The van der Waals surface area contributed by atoms with E-state index in [9.17, 15) is 8.78 Å². The molecule has 1 aromatic rings. The van der Waals surface area contributed by atoms with E-state index in [2.05, 4.69) is 0 Å². The fourth-order valence-corrected chi connectivity index (χ4v) is 1.52. The van der Waals surface area contributed by atoms with E-state index in [1.807, 2.05) is 0 Å². The zero-order chi connectivity index (χ0) is 12.1. The molecule has 0 amide bonds.